The van der Waals surface area contributed by atoms with Gasteiger partial charge in [-0.2, -0.15) is 0 Å². The zero-order chi connectivity index (χ0) is 20.4. The van der Waals surface area contributed by atoms with Gasteiger partial charge in [0.25, 0.3) is 0 Å². The fourth-order valence-electron chi connectivity index (χ4n) is 3.23. The van der Waals surface area contributed by atoms with Crippen molar-refractivity contribution in [3.63, 3.8) is 0 Å². The Hall–Kier alpha value is -2.00. The van der Waals surface area contributed by atoms with E-state index < -0.39 is 10.0 Å². The maximum Gasteiger partial charge on any atom is 0.223 e. The Morgan fingerprint density at radius 1 is 1.29 bits per heavy atom. The van der Waals surface area contributed by atoms with Crippen LogP contribution >= 0.6 is 0 Å². The highest BCUT2D eigenvalue weighted by Gasteiger charge is 2.25. The van der Waals surface area contributed by atoms with E-state index in [-0.39, 0.29) is 36.5 Å². The van der Waals surface area contributed by atoms with Gasteiger partial charge in [0.15, 0.2) is 0 Å². The van der Waals surface area contributed by atoms with Crippen LogP contribution in [0.4, 0.5) is 0 Å². The van der Waals surface area contributed by atoms with E-state index in [1.54, 1.807) is 12.4 Å². The smallest absolute Gasteiger partial charge is 0.223 e. The Morgan fingerprint density at radius 3 is 2.75 bits per heavy atom. The van der Waals surface area contributed by atoms with Crippen LogP contribution in [0, 0.1) is 5.92 Å². The molecule has 156 valence electrons. The second kappa shape index (κ2) is 11.1. The number of aromatic nitrogens is 1. The molecule has 1 aliphatic rings. The molecule has 8 nitrogen and oxygen atoms in total. The number of sulfonamides is 1. The molecule has 2 amide bonds. The van der Waals surface area contributed by atoms with Crippen LogP contribution in [0.25, 0.3) is 0 Å². The number of carbonyl (C=O) groups is 2. The van der Waals surface area contributed by atoms with Gasteiger partial charge in [-0.3, -0.25) is 14.6 Å². The maximum atomic E-state index is 12.6. The zero-order valence-corrected chi connectivity index (χ0v) is 17.2. The van der Waals surface area contributed by atoms with Gasteiger partial charge < -0.3 is 10.6 Å². The highest BCUT2D eigenvalue weighted by molar-refractivity contribution is 7.89. The molecule has 1 aromatic heterocycles. The van der Waals surface area contributed by atoms with Crippen LogP contribution in [0.3, 0.4) is 0 Å². The first-order valence-electron chi connectivity index (χ1n) is 9.83. The molecule has 9 heteroatoms. The molecular formula is C19H30N4O4S. The minimum Gasteiger partial charge on any atom is -0.356 e. The summed E-state index contributed by atoms with van der Waals surface area (Å²) >= 11 is 0. The van der Waals surface area contributed by atoms with E-state index in [9.17, 15) is 18.0 Å². The number of hydrogen-bond donors (Lipinski definition) is 2. The fourth-order valence-corrected chi connectivity index (χ4v) is 4.78. The van der Waals surface area contributed by atoms with E-state index in [4.69, 9.17) is 0 Å². The van der Waals surface area contributed by atoms with Gasteiger partial charge in [0.2, 0.25) is 21.8 Å². The van der Waals surface area contributed by atoms with Crippen LogP contribution in [0.2, 0.25) is 0 Å². The van der Waals surface area contributed by atoms with Gasteiger partial charge >= 0.3 is 0 Å². The van der Waals surface area contributed by atoms with Crippen molar-refractivity contribution in [3.8, 4) is 0 Å². The molecule has 2 heterocycles. The maximum absolute atomic E-state index is 12.6. The molecule has 1 aliphatic heterocycles. The number of carbonyl (C=O) groups excluding carboxylic acids is 2. The lowest BCUT2D eigenvalue weighted by Gasteiger charge is -2.22. The first-order chi connectivity index (χ1) is 13.4. The van der Waals surface area contributed by atoms with Crippen molar-refractivity contribution < 1.29 is 18.0 Å². The largest absolute Gasteiger partial charge is 0.356 e. The lowest BCUT2D eigenvalue weighted by Crippen LogP contribution is -2.37. The molecule has 1 unspecified atom stereocenters. The predicted molar refractivity (Wildman–Crippen MR) is 107 cm³/mol. The van der Waals surface area contributed by atoms with Crippen LogP contribution in [-0.2, 0) is 26.2 Å². The van der Waals surface area contributed by atoms with Gasteiger partial charge in [0.05, 0.1) is 5.75 Å². The van der Waals surface area contributed by atoms with E-state index in [1.807, 2.05) is 19.1 Å². The van der Waals surface area contributed by atoms with Gasteiger partial charge in [-0.1, -0.05) is 6.92 Å². The quantitative estimate of drug-likeness (QED) is 0.729. The molecular weight excluding hydrogens is 380 g/mol. The minimum atomic E-state index is -3.37. The number of amides is 2. The van der Waals surface area contributed by atoms with Gasteiger partial charge in [-0.15, -0.1) is 0 Å². The average Bonchev–Trinajstić information content (AvgIpc) is 2.71. The summed E-state index contributed by atoms with van der Waals surface area (Å²) in [6.07, 6.45) is 5.73. The number of hydrogen-bond acceptors (Lipinski definition) is 5. The predicted octanol–water partition coefficient (Wildman–Crippen LogP) is 1.05. The van der Waals surface area contributed by atoms with Crippen molar-refractivity contribution >= 4 is 21.8 Å². The molecule has 2 N–H and O–H groups in total. The van der Waals surface area contributed by atoms with Crippen LogP contribution in [0.5, 0.6) is 0 Å². The molecule has 0 spiro atoms. The topological polar surface area (TPSA) is 108 Å². The molecule has 0 bridgehead atoms. The second-order valence-electron chi connectivity index (χ2n) is 7.02. The molecule has 0 saturated carbocycles. The van der Waals surface area contributed by atoms with E-state index in [1.165, 1.54) is 4.31 Å². The van der Waals surface area contributed by atoms with Gasteiger partial charge in [-0.05, 0) is 43.4 Å². The fraction of sp³-hybridized carbons (Fsp3) is 0.632. The molecule has 28 heavy (non-hydrogen) atoms. The highest BCUT2D eigenvalue weighted by atomic mass is 32.2. The van der Waals surface area contributed by atoms with Gasteiger partial charge in [-0.25, -0.2) is 12.7 Å². The second-order valence-corrected chi connectivity index (χ2v) is 9.10. The van der Waals surface area contributed by atoms with E-state index in [2.05, 4.69) is 15.6 Å². The lowest BCUT2D eigenvalue weighted by atomic mass is 9.98. The highest BCUT2D eigenvalue weighted by Crippen LogP contribution is 2.15. The van der Waals surface area contributed by atoms with Crippen LogP contribution in [0.1, 0.15) is 44.6 Å². The summed E-state index contributed by atoms with van der Waals surface area (Å²) in [4.78, 5) is 28.6. The Bertz CT molecular complexity index is 740. The molecule has 1 atom stereocenters. The Kier molecular flexibility index (Phi) is 8.85. The third-order valence-electron chi connectivity index (χ3n) is 4.81. The zero-order valence-electron chi connectivity index (χ0n) is 16.4. The number of pyridine rings is 1. The average molecular weight is 411 g/mol. The van der Waals surface area contributed by atoms with Crippen molar-refractivity contribution in [2.75, 3.05) is 25.4 Å². The molecule has 2 rings (SSSR count). The van der Waals surface area contributed by atoms with E-state index >= 15 is 0 Å². The standard InChI is InChI=1S/C19H30N4O4S/c1-2-14-28(26,27)23-12-3-4-17(7-11-21-18(24)8-13-23)19(25)22-15-16-5-9-20-10-6-16/h5-6,9-10,17H,2-4,7-8,11-15H2,1H3,(H,21,24)(H,22,25). The summed E-state index contributed by atoms with van der Waals surface area (Å²) in [7, 11) is -3.37. The first kappa shape index (κ1) is 22.3. The van der Waals surface area contributed by atoms with Gasteiger partial charge in [0, 0.05) is 50.9 Å². The first-order valence-corrected chi connectivity index (χ1v) is 11.4. The third-order valence-corrected chi connectivity index (χ3v) is 6.88. The van der Waals surface area contributed by atoms with Crippen molar-refractivity contribution in [3.05, 3.63) is 30.1 Å². The SMILES string of the molecule is CCCS(=O)(=O)N1CCCC(C(=O)NCc2ccncc2)CCNC(=O)CC1. The molecule has 1 fully saturated rings. The third kappa shape index (κ3) is 7.20. The Morgan fingerprint density at radius 2 is 2.04 bits per heavy atom. The number of rotatable bonds is 6. The molecule has 0 radical (unpaired) electrons. The minimum absolute atomic E-state index is 0.0739. The summed E-state index contributed by atoms with van der Waals surface area (Å²) in [5.74, 6) is -0.455. The van der Waals surface area contributed by atoms with Crippen molar-refractivity contribution in [2.45, 2.75) is 45.6 Å². The van der Waals surface area contributed by atoms with Crippen molar-refractivity contribution in [1.29, 1.82) is 0 Å². The van der Waals surface area contributed by atoms with E-state index in [0.29, 0.717) is 45.3 Å². The molecule has 1 saturated heterocycles. The Balaban J connectivity index is 1.98. The van der Waals surface area contributed by atoms with Crippen LogP contribution in [0.15, 0.2) is 24.5 Å². The molecule has 1 aromatic rings. The number of nitrogens with one attached hydrogen (secondary N) is 2. The summed E-state index contributed by atoms with van der Waals surface area (Å²) < 4.78 is 26.2. The van der Waals surface area contributed by atoms with Crippen LogP contribution in [-0.4, -0.2) is 54.9 Å². The summed E-state index contributed by atoms with van der Waals surface area (Å²) in [5.41, 5.74) is 0.963. The monoisotopic (exact) mass is 410 g/mol. The number of nitrogens with zero attached hydrogens (tertiary/aromatic N) is 2. The molecule has 0 aliphatic carbocycles. The van der Waals surface area contributed by atoms with E-state index in [0.717, 1.165) is 5.56 Å². The molecule has 0 aromatic carbocycles. The lowest BCUT2D eigenvalue weighted by molar-refractivity contribution is -0.126. The van der Waals surface area contributed by atoms with Crippen LogP contribution < -0.4 is 10.6 Å². The Labute approximate surface area is 167 Å². The summed E-state index contributed by atoms with van der Waals surface area (Å²) in [6.45, 7) is 3.17. The van der Waals surface area contributed by atoms with Crippen molar-refractivity contribution in [1.82, 2.24) is 19.9 Å². The van der Waals surface area contributed by atoms with Gasteiger partial charge in [0.1, 0.15) is 0 Å². The summed E-state index contributed by atoms with van der Waals surface area (Å²) in [6, 6.07) is 3.68. The van der Waals surface area contributed by atoms with Crippen molar-refractivity contribution in [2.24, 2.45) is 5.92 Å². The summed E-state index contributed by atoms with van der Waals surface area (Å²) in [5, 5.41) is 5.72. The normalized spacial score (nSPS) is 20.0.